The normalized spacial score (nSPS) is 26.4. The Balaban J connectivity index is 2.00. The van der Waals surface area contributed by atoms with Gasteiger partial charge in [-0.3, -0.25) is 4.79 Å². The van der Waals surface area contributed by atoms with Crippen LogP contribution in [-0.4, -0.2) is 34.9 Å². The quantitative estimate of drug-likeness (QED) is 0.762. The van der Waals surface area contributed by atoms with Gasteiger partial charge in [-0.2, -0.15) is 0 Å². The summed E-state index contributed by atoms with van der Waals surface area (Å²) in [6, 6.07) is 2.65. The van der Waals surface area contributed by atoms with E-state index < -0.39 is 23.6 Å². The number of nitrogens with one attached hydrogen (secondary N) is 1. The molecular weight excluding hydrogens is 256 g/mol. The van der Waals surface area contributed by atoms with Crippen LogP contribution in [0.5, 0.6) is 0 Å². The third kappa shape index (κ3) is 3.08. The van der Waals surface area contributed by atoms with Crippen LogP contribution < -0.4 is 5.32 Å². The van der Waals surface area contributed by atoms with Crippen molar-refractivity contribution in [3.8, 4) is 0 Å². The molecule has 0 aliphatic heterocycles. The van der Waals surface area contributed by atoms with Crippen molar-refractivity contribution in [1.29, 1.82) is 0 Å². The minimum Gasteiger partial charge on any atom is -0.396 e. The molecular formula is C13H15F2NO3. The molecule has 0 radical (unpaired) electrons. The van der Waals surface area contributed by atoms with Gasteiger partial charge in [0.1, 0.15) is 0 Å². The van der Waals surface area contributed by atoms with E-state index in [9.17, 15) is 18.7 Å². The lowest BCUT2D eigenvalue weighted by molar-refractivity contribution is 0.0903. The Morgan fingerprint density at radius 2 is 2.05 bits per heavy atom. The van der Waals surface area contributed by atoms with E-state index in [0.717, 1.165) is 12.1 Å². The lowest BCUT2D eigenvalue weighted by Crippen LogP contribution is -2.33. The van der Waals surface area contributed by atoms with Gasteiger partial charge in [-0.15, -0.1) is 0 Å². The summed E-state index contributed by atoms with van der Waals surface area (Å²) in [6.07, 6.45) is 0.161. The molecule has 2 rings (SSSR count). The van der Waals surface area contributed by atoms with Crippen LogP contribution >= 0.6 is 0 Å². The lowest BCUT2D eigenvalue weighted by atomic mass is 10.1. The SMILES string of the molecule is O=C(NC1CC(O)C(CO)C1)c1ccc(F)c(F)c1. The fourth-order valence-electron chi connectivity index (χ4n) is 2.32. The number of halogens is 2. The standard InChI is InChI=1S/C13H15F2NO3/c14-10-2-1-7(4-11(10)15)13(19)16-9-3-8(6-17)12(18)5-9/h1-2,4,8-9,12,17-18H,3,5-6H2,(H,16,19). The molecule has 4 nitrogen and oxygen atoms in total. The molecule has 0 bridgehead atoms. The Morgan fingerprint density at radius 3 is 2.63 bits per heavy atom. The van der Waals surface area contributed by atoms with E-state index in [1.165, 1.54) is 6.07 Å². The second kappa shape index (κ2) is 5.63. The molecule has 0 aromatic heterocycles. The number of aliphatic hydroxyl groups excluding tert-OH is 2. The summed E-state index contributed by atoms with van der Waals surface area (Å²) in [5.74, 6) is -2.86. The number of hydrogen-bond acceptors (Lipinski definition) is 3. The molecule has 1 saturated carbocycles. The number of carbonyl (C=O) groups is 1. The summed E-state index contributed by atoms with van der Waals surface area (Å²) < 4.78 is 25.8. The molecule has 3 atom stereocenters. The van der Waals surface area contributed by atoms with Crippen molar-refractivity contribution < 1.29 is 23.8 Å². The number of hydrogen-bond donors (Lipinski definition) is 3. The van der Waals surface area contributed by atoms with Gasteiger partial charge in [0.2, 0.25) is 0 Å². The molecule has 6 heteroatoms. The average Bonchev–Trinajstić information content (AvgIpc) is 2.72. The summed E-state index contributed by atoms with van der Waals surface area (Å²) in [6.45, 7) is -0.140. The second-order valence-electron chi connectivity index (χ2n) is 4.78. The molecule has 1 aromatic rings. The first-order valence-corrected chi connectivity index (χ1v) is 6.06. The van der Waals surface area contributed by atoms with Crippen LogP contribution in [-0.2, 0) is 0 Å². The number of amides is 1. The smallest absolute Gasteiger partial charge is 0.251 e. The van der Waals surface area contributed by atoms with Gasteiger partial charge in [0.05, 0.1) is 6.10 Å². The first kappa shape index (κ1) is 13.9. The molecule has 19 heavy (non-hydrogen) atoms. The van der Waals surface area contributed by atoms with Crippen molar-refractivity contribution in [2.75, 3.05) is 6.61 Å². The molecule has 0 saturated heterocycles. The van der Waals surface area contributed by atoms with E-state index in [1.54, 1.807) is 0 Å². The minimum atomic E-state index is -1.08. The molecule has 0 heterocycles. The van der Waals surface area contributed by atoms with Crippen LogP contribution in [0.1, 0.15) is 23.2 Å². The Morgan fingerprint density at radius 1 is 1.32 bits per heavy atom. The molecule has 1 aliphatic rings. The van der Waals surface area contributed by atoms with E-state index in [-0.39, 0.29) is 24.1 Å². The van der Waals surface area contributed by atoms with Crippen molar-refractivity contribution in [3.63, 3.8) is 0 Å². The van der Waals surface area contributed by atoms with E-state index in [1.807, 2.05) is 0 Å². The van der Waals surface area contributed by atoms with Gasteiger partial charge >= 0.3 is 0 Å². The fourth-order valence-corrected chi connectivity index (χ4v) is 2.32. The summed E-state index contributed by atoms with van der Waals surface area (Å²) in [4.78, 5) is 11.8. The van der Waals surface area contributed by atoms with Crippen LogP contribution in [0.4, 0.5) is 8.78 Å². The van der Waals surface area contributed by atoms with Crippen molar-refractivity contribution >= 4 is 5.91 Å². The highest BCUT2D eigenvalue weighted by atomic mass is 19.2. The third-order valence-corrected chi connectivity index (χ3v) is 3.41. The van der Waals surface area contributed by atoms with Gasteiger partial charge in [0, 0.05) is 24.1 Å². The number of benzene rings is 1. The van der Waals surface area contributed by atoms with Crippen LogP contribution in [0.25, 0.3) is 0 Å². The maximum atomic E-state index is 13.0. The molecule has 1 fully saturated rings. The van der Waals surface area contributed by atoms with Gasteiger partial charge < -0.3 is 15.5 Å². The molecule has 1 amide bonds. The van der Waals surface area contributed by atoms with Crippen LogP contribution in [0.3, 0.4) is 0 Å². The van der Waals surface area contributed by atoms with Gasteiger partial charge in [-0.1, -0.05) is 0 Å². The van der Waals surface area contributed by atoms with E-state index in [0.29, 0.717) is 12.8 Å². The summed E-state index contributed by atoms with van der Waals surface area (Å²) in [7, 11) is 0. The zero-order valence-corrected chi connectivity index (χ0v) is 10.1. The minimum absolute atomic E-state index is 0.0286. The maximum absolute atomic E-state index is 13.0. The van der Waals surface area contributed by atoms with Gasteiger partial charge in [-0.25, -0.2) is 8.78 Å². The van der Waals surface area contributed by atoms with Crippen molar-refractivity contribution in [1.82, 2.24) is 5.32 Å². The first-order valence-electron chi connectivity index (χ1n) is 6.06. The molecule has 0 spiro atoms. The molecule has 1 aromatic carbocycles. The largest absolute Gasteiger partial charge is 0.396 e. The van der Waals surface area contributed by atoms with E-state index in [4.69, 9.17) is 5.11 Å². The van der Waals surface area contributed by atoms with Crippen molar-refractivity contribution in [3.05, 3.63) is 35.4 Å². The molecule has 3 unspecified atom stereocenters. The van der Waals surface area contributed by atoms with Crippen molar-refractivity contribution in [2.24, 2.45) is 5.92 Å². The molecule has 104 valence electrons. The highest BCUT2D eigenvalue weighted by Crippen LogP contribution is 2.26. The van der Waals surface area contributed by atoms with Crippen LogP contribution in [0, 0.1) is 17.6 Å². The Hall–Kier alpha value is -1.53. The van der Waals surface area contributed by atoms with Crippen LogP contribution in [0.15, 0.2) is 18.2 Å². The average molecular weight is 271 g/mol. The van der Waals surface area contributed by atoms with Gasteiger partial charge in [0.25, 0.3) is 5.91 Å². The number of rotatable bonds is 3. The maximum Gasteiger partial charge on any atom is 0.251 e. The number of aliphatic hydroxyl groups is 2. The van der Waals surface area contributed by atoms with E-state index in [2.05, 4.69) is 5.32 Å². The Labute approximate surface area is 109 Å². The predicted molar refractivity (Wildman–Crippen MR) is 63.4 cm³/mol. The van der Waals surface area contributed by atoms with Crippen LogP contribution in [0.2, 0.25) is 0 Å². The van der Waals surface area contributed by atoms with Gasteiger partial charge in [-0.05, 0) is 31.0 Å². The zero-order chi connectivity index (χ0) is 14.0. The topological polar surface area (TPSA) is 69.6 Å². The Bertz CT molecular complexity index is 481. The first-order chi connectivity index (χ1) is 9.01. The second-order valence-corrected chi connectivity index (χ2v) is 4.78. The summed E-state index contributed by atoms with van der Waals surface area (Å²) in [5, 5.41) is 21.2. The summed E-state index contributed by atoms with van der Waals surface area (Å²) in [5.41, 5.74) is 0.0286. The lowest BCUT2D eigenvalue weighted by Gasteiger charge is -2.12. The highest BCUT2D eigenvalue weighted by Gasteiger charge is 2.33. The fraction of sp³-hybridized carbons (Fsp3) is 0.462. The van der Waals surface area contributed by atoms with Crippen molar-refractivity contribution in [2.45, 2.75) is 25.0 Å². The number of carbonyl (C=O) groups excluding carboxylic acids is 1. The Kier molecular flexibility index (Phi) is 4.11. The molecule has 1 aliphatic carbocycles. The third-order valence-electron chi connectivity index (χ3n) is 3.41. The predicted octanol–water partition coefficient (Wildman–Crippen LogP) is 0.826. The highest BCUT2D eigenvalue weighted by molar-refractivity contribution is 5.94. The summed E-state index contributed by atoms with van der Waals surface area (Å²) >= 11 is 0. The molecule has 3 N–H and O–H groups in total. The monoisotopic (exact) mass is 271 g/mol. The van der Waals surface area contributed by atoms with Gasteiger partial charge in [0.15, 0.2) is 11.6 Å². The zero-order valence-electron chi connectivity index (χ0n) is 10.1. The van der Waals surface area contributed by atoms with E-state index >= 15 is 0 Å².